The molecular formula is C17H21NO2S. The lowest BCUT2D eigenvalue weighted by atomic mass is 9.87. The highest BCUT2D eigenvalue weighted by Crippen LogP contribution is 2.24. The Morgan fingerprint density at radius 1 is 0.905 bits per heavy atom. The van der Waals surface area contributed by atoms with Crippen LogP contribution in [-0.2, 0) is 21.0 Å². The maximum Gasteiger partial charge on any atom is 0.182 e. The first-order chi connectivity index (χ1) is 9.68. The van der Waals surface area contributed by atoms with Crippen LogP contribution < -0.4 is 5.73 Å². The molecule has 2 N–H and O–H groups in total. The van der Waals surface area contributed by atoms with E-state index >= 15 is 0 Å². The quantitative estimate of drug-likeness (QED) is 0.882. The monoisotopic (exact) mass is 303 g/mol. The fourth-order valence-corrected chi connectivity index (χ4v) is 3.43. The zero-order chi connectivity index (χ0) is 15.7. The number of benzene rings is 2. The van der Waals surface area contributed by atoms with Crippen LogP contribution in [-0.4, -0.2) is 8.42 Å². The highest BCUT2D eigenvalue weighted by Gasteiger charge is 2.17. The summed E-state index contributed by atoms with van der Waals surface area (Å²) in [7, 11) is -3.33. The summed E-state index contributed by atoms with van der Waals surface area (Å²) in [5, 5.41) is 0. The van der Waals surface area contributed by atoms with Crippen LogP contribution in [0.2, 0.25) is 0 Å². The zero-order valence-electron chi connectivity index (χ0n) is 12.6. The van der Waals surface area contributed by atoms with Crippen molar-refractivity contribution in [1.29, 1.82) is 0 Å². The molecule has 0 heterocycles. The molecule has 0 saturated carbocycles. The summed E-state index contributed by atoms with van der Waals surface area (Å²) in [6.07, 6.45) is 0. The van der Waals surface area contributed by atoms with Crippen molar-refractivity contribution < 1.29 is 8.42 Å². The van der Waals surface area contributed by atoms with E-state index in [1.54, 1.807) is 24.3 Å². The molecule has 0 aliphatic heterocycles. The minimum absolute atomic E-state index is 0.00133. The van der Waals surface area contributed by atoms with E-state index in [2.05, 4.69) is 20.8 Å². The Hall–Kier alpha value is -1.81. The predicted octanol–water partition coefficient (Wildman–Crippen LogP) is 3.54. The van der Waals surface area contributed by atoms with Gasteiger partial charge in [0.1, 0.15) is 0 Å². The Bertz CT molecular complexity index is 709. The van der Waals surface area contributed by atoms with Gasteiger partial charge in [-0.3, -0.25) is 0 Å². The van der Waals surface area contributed by atoms with Gasteiger partial charge in [0, 0.05) is 5.69 Å². The van der Waals surface area contributed by atoms with Crippen LogP contribution in [0.15, 0.2) is 53.4 Å². The van der Waals surface area contributed by atoms with Crippen molar-refractivity contribution in [3.63, 3.8) is 0 Å². The Morgan fingerprint density at radius 2 is 1.43 bits per heavy atom. The van der Waals surface area contributed by atoms with Gasteiger partial charge in [-0.15, -0.1) is 0 Å². The van der Waals surface area contributed by atoms with Crippen LogP contribution in [0.5, 0.6) is 0 Å². The van der Waals surface area contributed by atoms with Gasteiger partial charge >= 0.3 is 0 Å². The number of nitrogen functional groups attached to an aromatic ring is 1. The number of sulfone groups is 1. The molecule has 2 rings (SSSR count). The number of hydrogen-bond acceptors (Lipinski definition) is 3. The number of nitrogens with two attached hydrogens (primary N) is 1. The third-order valence-electron chi connectivity index (χ3n) is 3.42. The van der Waals surface area contributed by atoms with E-state index in [-0.39, 0.29) is 11.2 Å². The Labute approximate surface area is 126 Å². The molecule has 0 unspecified atom stereocenters. The van der Waals surface area contributed by atoms with E-state index in [0.29, 0.717) is 10.6 Å². The zero-order valence-corrected chi connectivity index (χ0v) is 13.4. The maximum absolute atomic E-state index is 12.4. The minimum Gasteiger partial charge on any atom is -0.399 e. The molecule has 0 fully saturated rings. The average molecular weight is 303 g/mol. The van der Waals surface area contributed by atoms with Crippen LogP contribution in [0.3, 0.4) is 0 Å². The molecular weight excluding hydrogens is 282 g/mol. The number of anilines is 1. The van der Waals surface area contributed by atoms with Gasteiger partial charge in [0.15, 0.2) is 9.84 Å². The topological polar surface area (TPSA) is 60.2 Å². The van der Waals surface area contributed by atoms with E-state index in [1.807, 2.05) is 24.3 Å². The average Bonchev–Trinajstić information content (AvgIpc) is 2.38. The molecule has 2 aromatic carbocycles. The van der Waals surface area contributed by atoms with Crippen molar-refractivity contribution in [3.8, 4) is 0 Å². The molecule has 0 aromatic heterocycles. The molecule has 3 nitrogen and oxygen atoms in total. The van der Waals surface area contributed by atoms with Crippen molar-refractivity contribution in [3.05, 3.63) is 59.7 Å². The van der Waals surface area contributed by atoms with E-state index in [0.717, 1.165) is 5.56 Å². The summed E-state index contributed by atoms with van der Waals surface area (Å²) in [6.45, 7) is 6.40. The molecule has 0 atom stereocenters. The van der Waals surface area contributed by atoms with Crippen LogP contribution >= 0.6 is 0 Å². The summed E-state index contributed by atoms with van der Waals surface area (Å²) in [5.74, 6) is 0.00133. The molecule has 0 bridgehead atoms. The van der Waals surface area contributed by atoms with E-state index in [1.165, 1.54) is 5.56 Å². The molecule has 0 aliphatic rings. The van der Waals surface area contributed by atoms with E-state index in [4.69, 9.17) is 5.73 Å². The van der Waals surface area contributed by atoms with Gasteiger partial charge in [0.25, 0.3) is 0 Å². The van der Waals surface area contributed by atoms with Gasteiger partial charge in [-0.05, 0) is 40.8 Å². The highest BCUT2D eigenvalue weighted by molar-refractivity contribution is 7.90. The lowest BCUT2D eigenvalue weighted by Crippen LogP contribution is -2.11. The third-order valence-corrected chi connectivity index (χ3v) is 5.12. The predicted molar refractivity (Wildman–Crippen MR) is 86.9 cm³/mol. The third kappa shape index (κ3) is 3.85. The molecule has 0 saturated heterocycles. The van der Waals surface area contributed by atoms with Crippen LogP contribution in [0.25, 0.3) is 0 Å². The maximum atomic E-state index is 12.4. The molecule has 4 heteroatoms. The first-order valence-corrected chi connectivity index (χ1v) is 8.51. The molecule has 2 aromatic rings. The lowest BCUT2D eigenvalue weighted by molar-refractivity contribution is 0.589. The van der Waals surface area contributed by atoms with Gasteiger partial charge in [0.05, 0.1) is 10.6 Å². The normalized spacial score (nSPS) is 12.3. The second kappa shape index (κ2) is 5.53. The van der Waals surface area contributed by atoms with Crippen molar-refractivity contribution in [1.82, 2.24) is 0 Å². The summed E-state index contributed by atoms with van der Waals surface area (Å²) < 4.78 is 24.7. The van der Waals surface area contributed by atoms with Gasteiger partial charge in [-0.25, -0.2) is 8.42 Å². The van der Waals surface area contributed by atoms with Crippen LogP contribution in [0, 0.1) is 0 Å². The first-order valence-electron chi connectivity index (χ1n) is 6.86. The Morgan fingerprint density at radius 3 is 1.90 bits per heavy atom. The van der Waals surface area contributed by atoms with Crippen LogP contribution in [0.1, 0.15) is 31.9 Å². The largest absolute Gasteiger partial charge is 0.399 e. The highest BCUT2D eigenvalue weighted by atomic mass is 32.2. The Balaban J connectivity index is 2.23. The molecule has 0 aliphatic carbocycles. The number of rotatable bonds is 3. The van der Waals surface area contributed by atoms with Crippen molar-refractivity contribution in [2.45, 2.75) is 36.8 Å². The van der Waals surface area contributed by atoms with E-state index in [9.17, 15) is 8.42 Å². The smallest absolute Gasteiger partial charge is 0.182 e. The fraction of sp³-hybridized carbons (Fsp3) is 0.294. The molecule has 112 valence electrons. The Kier molecular flexibility index (Phi) is 4.10. The lowest BCUT2D eigenvalue weighted by Gasteiger charge is -2.19. The van der Waals surface area contributed by atoms with Gasteiger partial charge < -0.3 is 5.73 Å². The summed E-state index contributed by atoms with van der Waals surface area (Å²) >= 11 is 0. The fourth-order valence-electron chi connectivity index (χ4n) is 2.08. The van der Waals surface area contributed by atoms with Crippen molar-refractivity contribution in [2.75, 3.05) is 5.73 Å². The SMILES string of the molecule is CC(C)(C)c1ccc(CS(=O)(=O)c2ccc(N)cc2)cc1. The van der Waals surface area contributed by atoms with Crippen LogP contribution in [0.4, 0.5) is 5.69 Å². The summed E-state index contributed by atoms with van der Waals surface area (Å²) in [4.78, 5) is 0.302. The second-order valence-electron chi connectivity index (χ2n) is 6.28. The van der Waals surface area contributed by atoms with Crippen molar-refractivity contribution in [2.24, 2.45) is 0 Å². The van der Waals surface area contributed by atoms with Crippen molar-refractivity contribution >= 4 is 15.5 Å². The first kappa shape index (κ1) is 15.6. The summed E-state index contributed by atoms with van der Waals surface area (Å²) in [5.41, 5.74) is 8.19. The summed E-state index contributed by atoms with van der Waals surface area (Å²) in [6, 6.07) is 14.1. The number of hydrogen-bond donors (Lipinski definition) is 1. The van der Waals surface area contributed by atoms with Gasteiger partial charge in [-0.2, -0.15) is 0 Å². The van der Waals surface area contributed by atoms with E-state index < -0.39 is 9.84 Å². The standard InChI is InChI=1S/C17H21NO2S/c1-17(2,3)14-6-4-13(5-7-14)12-21(19,20)16-10-8-15(18)9-11-16/h4-11H,12,18H2,1-3H3. The second-order valence-corrected chi connectivity index (χ2v) is 8.26. The molecule has 0 radical (unpaired) electrons. The van der Waals surface area contributed by atoms with Gasteiger partial charge in [-0.1, -0.05) is 45.0 Å². The minimum atomic E-state index is -3.33. The molecule has 21 heavy (non-hydrogen) atoms. The molecule has 0 spiro atoms. The molecule has 0 amide bonds. The van der Waals surface area contributed by atoms with Gasteiger partial charge in [0.2, 0.25) is 0 Å².